The SMILES string of the molecule is CCOC(=O)c1cc2cc(CN=[N+]=[N-])ccn2c1-c1ccc(OC)nc1. The minimum Gasteiger partial charge on any atom is -0.481 e. The highest BCUT2D eigenvalue weighted by atomic mass is 16.5. The molecular formula is C18H17N5O3. The fourth-order valence-electron chi connectivity index (χ4n) is 2.74. The molecule has 0 atom stereocenters. The third-order valence-corrected chi connectivity index (χ3v) is 3.87. The summed E-state index contributed by atoms with van der Waals surface area (Å²) in [5.41, 5.74) is 12.0. The van der Waals surface area contributed by atoms with Gasteiger partial charge in [-0.3, -0.25) is 0 Å². The average molecular weight is 351 g/mol. The van der Waals surface area contributed by atoms with Crippen molar-refractivity contribution in [2.45, 2.75) is 13.5 Å². The zero-order valence-corrected chi connectivity index (χ0v) is 14.4. The molecule has 0 saturated carbocycles. The Kier molecular flexibility index (Phi) is 5.05. The number of fused-ring (bicyclic) bond motifs is 1. The van der Waals surface area contributed by atoms with Gasteiger partial charge in [0.1, 0.15) is 0 Å². The van der Waals surface area contributed by atoms with Crippen molar-refractivity contribution in [2.75, 3.05) is 13.7 Å². The Morgan fingerprint density at radius 2 is 2.19 bits per heavy atom. The third-order valence-electron chi connectivity index (χ3n) is 3.87. The van der Waals surface area contributed by atoms with E-state index in [0.29, 0.717) is 17.1 Å². The summed E-state index contributed by atoms with van der Waals surface area (Å²) in [7, 11) is 1.55. The lowest BCUT2D eigenvalue weighted by atomic mass is 10.1. The summed E-state index contributed by atoms with van der Waals surface area (Å²) in [6, 6.07) is 9.05. The van der Waals surface area contributed by atoms with Crippen molar-refractivity contribution in [1.29, 1.82) is 0 Å². The monoisotopic (exact) mass is 351 g/mol. The molecule has 0 bridgehead atoms. The molecule has 3 rings (SSSR count). The first-order valence-electron chi connectivity index (χ1n) is 8.00. The molecule has 0 radical (unpaired) electrons. The number of hydrogen-bond acceptors (Lipinski definition) is 5. The standard InChI is InChI=1S/C18H17N5O3/c1-3-26-18(24)15-9-14-8-12(10-21-22-19)6-7-23(14)17(15)13-4-5-16(25-2)20-11-13/h4-9,11H,3,10H2,1-2H3. The summed E-state index contributed by atoms with van der Waals surface area (Å²) < 4.78 is 12.2. The molecule has 0 saturated heterocycles. The summed E-state index contributed by atoms with van der Waals surface area (Å²) in [6.07, 6.45) is 3.48. The second-order valence-corrected chi connectivity index (χ2v) is 5.44. The van der Waals surface area contributed by atoms with Crippen LogP contribution in [0.1, 0.15) is 22.8 Å². The molecular weight excluding hydrogens is 334 g/mol. The summed E-state index contributed by atoms with van der Waals surface area (Å²) in [5.74, 6) is 0.0857. The maximum Gasteiger partial charge on any atom is 0.340 e. The van der Waals surface area contributed by atoms with Crippen LogP contribution in [0, 0.1) is 0 Å². The number of carbonyl (C=O) groups is 1. The number of aromatic nitrogens is 2. The molecule has 0 aliphatic carbocycles. The van der Waals surface area contributed by atoms with Gasteiger partial charge in [0.15, 0.2) is 0 Å². The molecule has 0 aromatic carbocycles. The van der Waals surface area contributed by atoms with Crippen LogP contribution in [0.3, 0.4) is 0 Å². The van der Waals surface area contributed by atoms with Crippen LogP contribution < -0.4 is 4.74 Å². The number of ether oxygens (including phenoxy) is 2. The van der Waals surface area contributed by atoms with Crippen molar-refractivity contribution in [3.8, 4) is 17.1 Å². The predicted molar refractivity (Wildman–Crippen MR) is 96.0 cm³/mol. The zero-order valence-electron chi connectivity index (χ0n) is 14.4. The summed E-state index contributed by atoms with van der Waals surface area (Å²) >= 11 is 0. The van der Waals surface area contributed by atoms with Crippen LogP contribution in [0.2, 0.25) is 0 Å². The van der Waals surface area contributed by atoms with Gasteiger partial charge in [0.2, 0.25) is 5.88 Å². The van der Waals surface area contributed by atoms with Crippen LogP contribution >= 0.6 is 0 Å². The second kappa shape index (κ2) is 7.58. The van der Waals surface area contributed by atoms with Crippen molar-refractivity contribution in [1.82, 2.24) is 9.38 Å². The van der Waals surface area contributed by atoms with Crippen LogP contribution in [-0.2, 0) is 11.3 Å². The van der Waals surface area contributed by atoms with Gasteiger partial charge < -0.3 is 13.9 Å². The van der Waals surface area contributed by atoms with Gasteiger partial charge in [-0.15, -0.1) is 0 Å². The lowest BCUT2D eigenvalue weighted by Crippen LogP contribution is -2.05. The Morgan fingerprint density at radius 3 is 2.85 bits per heavy atom. The van der Waals surface area contributed by atoms with Crippen LogP contribution in [-0.4, -0.2) is 29.1 Å². The van der Waals surface area contributed by atoms with Crippen molar-refractivity contribution in [2.24, 2.45) is 5.11 Å². The Hall–Kier alpha value is -3.51. The van der Waals surface area contributed by atoms with Gasteiger partial charge in [-0.25, -0.2) is 9.78 Å². The first kappa shape index (κ1) is 17.3. The van der Waals surface area contributed by atoms with E-state index in [1.165, 1.54) is 0 Å². The van der Waals surface area contributed by atoms with Gasteiger partial charge in [-0.1, -0.05) is 5.11 Å². The minimum atomic E-state index is -0.404. The number of hydrogen-bond donors (Lipinski definition) is 0. The molecule has 3 aromatic rings. The Morgan fingerprint density at radius 1 is 1.35 bits per heavy atom. The van der Waals surface area contributed by atoms with Gasteiger partial charge >= 0.3 is 5.97 Å². The smallest absolute Gasteiger partial charge is 0.340 e. The van der Waals surface area contributed by atoms with Gasteiger partial charge in [0.05, 0.1) is 31.5 Å². The quantitative estimate of drug-likeness (QED) is 0.290. The summed E-state index contributed by atoms with van der Waals surface area (Å²) in [6.45, 7) is 2.29. The zero-order chi connectivity index (χ0) is 18.5. The van der Waals surface area contributed by atoms with E-state index in [2.05, 4.69) is 15.0 Å². The summed E-state index contributed by atoms with van der Waals surface area (Å²) in [4.78, 5) is 19.4. The molecule has 0 fully saturated rings. The molecule has 0 unspecified atom stereocenters. The number of esters is 1. The largest absolute Gasteiger partial charge is 0.481 e. The average Bonchev–Trinajstić information content (AvgIpc) is 3.05. The highest BCUT2D eigenvalue weighted by Gasteiger charge is 2.20. The van der Waals surface area contributed by atoms with E-state index < -0.39 is 5.97 Å². The van der Waals surface area contributed by atoms with E-state index in [1.54, 1.807) is 32.4 Å². The van der Waals surface area contributed by atoms with Crippen LogP contribution in [0.4, 0.5) is 0 Å². The van der Waals surface area contributed by atoms with E-state index in [0.717, 1.165) is 16.6 Å². The molecule has 132 valence electrons. The molecule has 0 aliphatic rings. The molecule has 3 heterocycles. The number of nitrogens with zero attached hydrogens (tertiary/aromatic N) is 5. The molecule has 0 N–H and O–H groups in total. The van der Waals surface area contributed by atoms with E-state index in [9.17, 15) is 4.79 Å². The Labute approximate surface area is 149 Å². The van der Waals surface area contributed by atoms with Gasteiger partial charge in [0, 0.05) is 34.5 Å². The van der Waals surface area contributed by atoms with E-state index >= 15 is 0 Å². The minimum absolute atomic E-state index is 0.242. The van der Waals surface area contributed by atoms with E-state index in [1.807, 2.05) is 28.8 Å². The maximum atomic E-state index is 12.4. The normalized spacial score (nSPS) is 10.4. The van der Waals surface area contributed by atoms with Gasteiger partial charge in [-0.05, 0) is 42.3 Å². The van der Waals surface area contributed by atoms with Crippen molar-refractivity contribution < 1.29 is 14.3 Å². The topological polar surface area (TPSA) is 102 Å². The fraction of sp³-hybridized carbons (Fsp3) is 0.222. The molecule has 8 nitrogen and oxygen atoms in total. The van der Waals surface area contributed by atoms with E-state index in [4.69, 9.17) is 15.0 Å². The first-order valence-corrected chi connectivity index (χ1v) is 8.00. The molecule has 0 spiro atoms. The highest BCUT2D eigenvalue weighted by molar-refractivity contribution is 5.99. The summed E-state index contributed by atoms with van der Waals surface area (Å²) in [5, 5.41) is 3.58. The third kappa shape index (κ3) is 3.31. The Bertz CT molecular complexity index is 988. The molecule has 26 heavy (non-hydrogen) atoms. The van der Waals surface area contributed by atoms with E-state index in [-0.39, 0.29) is 13.2 Å². The van der Waals surface area contributed by atoms with Gasteiger partial charge in [-0.2, -0.15) is 0 Å². The predicted octanol–water partition coefficient (Wildman–Crippen LogP) is 4.00. The number of pyridine rings is 2. The lowest BCUT2D eigenvalue weighted by Gasteiger charge is -2.08. The molecule has 0 amide bonds. The van der Waals surface area contributed by atoms with Crippen LogP contribution in [0.15, 0.2) is 47.8 Å². The Balaban J connectivity index is 2.17. The van der Waals surface area contributed by atoms with Crippen molar-refractivity contribution in [3.63, 3.8) is 0 Å². The first-order chi connectivity index (χ1) is 12.7. The van der Waals surface area contributed by atoms with Crippen molar-refractivity contribution >= 4 is 11.5 Å². The van der Waals surface area contributed by atoms with Crippen molar-refractivity contribution in [3.05, 3.63) is 64.3 Å². The number of azide groups is 1. The second-order valence-electron chi connectivity index (χ2n) is 5.44. The number of carbonyl (C=O) groups excluding carboxylic acids is 1. The lowest BCUT2D eigenvalue weighted by molar-refractivity contribution is 0.0527. The van der Waals surface area contributed by atoms with Crippen LogP contribution in [0.25, 0.3) is 27.2 Å². The highest BCUT2D eigenvalue weighted by Crippen LogP contribution is 2.29. The maximum absolute atomic E-state index is 12.4. The molecule has 8 heteroatoms. The van der Waals surface area contributed by atoms with Gasteiger partial charge in [0.25, 0.3) is 0 Å². The number of rotatable bonds is 6. The van der Waals surface area contributed by atoms with Crippen LogP contribution in [0.5, 0.6) is 5.88 Å². The molecule has 0 aliphatic heterocycles. The fourth-order valence-corrected chi connectivity index (χ4v) is 2.74. The molecule has 3 aromatic heterocycles. The number of methoxy groups -OCH3 is 1.